The number of carbonyl (C=O) groups excluding carboxylic acids is 1. The molecule has 0 aromatic carbocycles. The fourth-order valence-corrected chi connectivity index (χ4v) is 3.56. The summed E-state index contributed by atoms with van der Waals surface area (Å²) in [5, 5.41) is 17.8. The topological polar surface area (TPSA) is 88.5 Å². The molecule has 0 spiro atoms. The molecule has 2 fully saturated rings. The summed E-state index contributed by atoms with van der Waals surface area (Å²) in [7, 11) is 1.83. The van der Waals surface area contributed by atoms with Crippen molar-refractivity contribution in [2.24, 2.45) is 24.3 Å². The van der Waals surface area contributed by atoms with Gasteiger partial charge in [0.2, 0.25) is 5.91 Å². The number of fused-ring (bicyclic) bond motifs is 1. The van der Waals surface area contributed by atoms with Gasteiger partial charge in [0.05, 0.1) is 11.1 Å². The minimum atomic E-state index is -0.123. The van der Waals surface area contributed by atoms with E-state index in [9.17, 15) is 4.79 Å². The van der Waals surface area contributed by atoms with Crippen LogP contribution in [0.2, 0.25) is 0 Å². The molecular formula is C13H16N6O. The van der Waals surface area contributed by atoms with Crippen molar-refractivity contribution in [1.82, 2.24) is 25.2 Å². The van der Waals surface area contributed by atoms with E-state index in [2.05, 4.69) is 32.7 Å². The Hall–Kier alpha value is -2.18. The highest BCUT2D eigenvalue weighted by atomic mass is 16.2. The predicted octanol–water partition coefficient (Wildman–Crippen LogP) is 1.19. The number of aromatic amines is 1. The molecule has 0 unspecified atom stereocenters. The monoisotopic (exact) mass is 272 g/mol. The third-order valence-corrected chi connectivity index (χ3v) is 4.80. The van der Waals surface area contributed by atoms with E-state index in [4.69, 9.17) is 0 Å². The molecule has 2 N–H and O–H groups in total. The van der Waals surface area contributed by atoms with E-state index < -0.39 is 0 Å². The van der Waals surface area contributed by atoms with E-state index in [1.54, 1.807) is 10.9 Å². The van der Waals surface area contributed by atoms with E-state index in [-0.39, 0.29) is 11.3 Å². The average Bonchev–Trinajstić information content (AvgIpc) is 2.74. The summed E-state index contributed by atoms with van der Waals surface area (Å²) in [4.78, 5) is 12.4. The van der Waals surface area contributed by atoms with Gasteiger partial charge in [0.25, 0.3) is 0 Å². The van der Waals surface area contributed by atoms with Crippen LogP contribution in [0.5, 0.6) is 0 Å². The number of amides is 1. The fraction of sp³-hybridized carbons (Fsp3) is 0.538. The van der Waals surface area contributed by atoms with Gasteiger partial charge < -0.3 is 5.32 Å². The lowest BCUT2D eigenvalue weighted by Gasteiger charge is -2.30. The minimum Gasteiger partial charge on any atom is -0.307 e. The van der Waals surface area contributed by atoms with Gasteiger partial charge >= 0.3 is 0 Å². The predicted molar refractivity (Wildman–Crippen MR) is 71.5 cm³/mol. The van der Waals surface area contributed by atoms with Crippen LogP contribution in [-0.4, -0.2) is 31.1 Å². The van der Waals surface area contributed by atoms with Crippen LogP contribution in [0.15, 0.2) is 12.3 Å². The van der Waals surface area contributed by atoms with Crippen LogP contribution < -0.4 is 5.32 Å². The number of H-pyrrole nitrogens is 1. The zero-order valence-electron chi connectivity index (χ0n) is 11.4. The molecule has 2 aliphatic carbocycles. The second-order valence-electron chi connectivity index (χ2n) is 5.96. The largest absolute Gasteiger partial charge is 0.307 e. The second-order valence-corrected chi connectivity index (χ2v) is 5.96. The van der Waals surface area contributed by atoms with E-state index in [0.717, 1.165) is 18.5 Å². The Balaban J connectivity index is 1.58. The van der Waals surface area contributed by atoms with Crippen molar-refractivity contribution >= 4 is 11.7 Å². The summed E-state index contributed by atoms with van der Waals surface area (Å²) in [6.07, 6.45) is 3.69. The van der Waals surface area contributed by atoms with Crippen LogP contribution in [0.4, 0.5) is 5.82 Å². The van der Waals surface area contributed by atoms with Crippen molar-refractivity contribution in [1.29, 1.82) is 0 Å². The van der Waals surface area contributed by atoms with Crippen LogP contribution in [0.1, 0.15) is 19.8 Å². The van der Waals surface area contributed by atoms with Gasteiger partial charge in [0.15, 0.2) is 11.5 Å². The highest BCUT2D eigenvalue weighted by molar-refractivity contribution is 5.99. The zero-order valence-corrected chi connectivity index (χ0v) is 11.4. The summed E-state index contributed by atoms with van der Waals surface area (Å²) in [6, 6.07) is 1.84. The zero-order chi connectivity index (χ0) is 13.9. The van der Waals surface area contributed by atoms with Gasteiger partial charge in [0.1, 0.15) is 0 Å². The first-order valence-corrected chi connectivity index (χ1v) is 6.82. The van der Waals surface area contributed by atoms with E-state index >= 15 is 0 Å². The van der Waals surface area contributed by atoms with Gasteiger partial charge in [-0.15, -0.1) is 5.10 Å². The van der Waals surface area contributed by atoms with Crippen molar-refractivity contribution in [2.45, 2.75) is 19.8 Å². The number of carbonyl (C=O) groups is 1. The Morgan fingerprint density at radius 2 is 2.35 bits per heavy atom. The standard InChI is InChI=1S/C13H16N6O/c1-7-5-13(6-8(7)13)12(20)15-11-10(16-18-17-11)9-3-4-14-19(9)2/h3-4,7-8H,5-6H2,1-2H3,(H2,15,16,17,18,20)/t7-,8-,13+/m1/s1. The molecular weight excluding hydrogens is 256 g/mol. The SMILES string of the molecule is C[C@@H]1C[C@]2(C(=O)Nc3n[nH]nc3-c3ccnn3C)C[C@H]12. The molecule has 20 heavy (non-hydrogen) atoms. The fourth-order valence-electron chi connectivity index (χ4n) is 3.56. The number of aromatic nitrogens is 5. The maximum atomic E-state index is 12.4. The van der Waals surface area contributed by atoms with E-state index in [1.807, 2.05) is 13.1 Å². The van der Waals surface area contributed by atoms with E-state index in [1.165, 1.54) is 0 Å². The number of rotatable bonds is 3. The number of hydrogen-bond donors (Lipinski definition) is 2. The Morgan fingerprint density at radius 3 is 2.95 bits per heavy atom. The first-order valence-electron chi connectivity index (χ1n) is 6.82. The smallest absolute Gasteiger partial charge is 0.232 e. The summed E-state index contributed by atoms with van der Waals surface area (Å²) < 4.78 is 1.71. The van der Waals surface area contributed by atoms with Gasteiger partial charge in [-0.25, -0.2) is 0 Å². The van der Waals surface area contributed by atoms with Crippen LogP contribution in [-0.2, 0) is 11.8 Å². The Labute approximate surface area is 115 Å². The van der Waals surface area contributed by atoms with Crippen LogP contribution >= 0.6 is 0 Å². The highest BCUT2D eigenvalue weighted by Gasteiger charge is 2.69. The van der Waals surface area contributed by atoms with Gasteiger partial charge in [-0.05, 0) is 30.7 Å². The molecule has 0 aliphatic heterocycles. The van der Waals surface area contributed by atoms with Crippen molar-refractivity contribution in [3.63, 3.8) is 0 Å². The Kier molecular flexibility index (Phi) is 2.14. The summed E-state index contributed by atoms with van der Waals surface area (Å²) in [5.74, 6) is 1.81. The molecule has 2 aromatic rings. The molecule has 7 nitrogen and oxygen atoms in total. The minimum absolute atomic E-state index is 0.0814. The van der Waals surface area contributed by atoms with Gasteiger partial charge in [-0.3, -0.25) is 9.48 Å². The first kappa shape index (κ1) is 11.6. The van der Waals surface area contributed by atoms with Crippen molar-refractivity contribution in [3.05, 3.63) is 12.3 Å². The molecule has 4 rings (SSSR count). The normalized spacial score (nSPS) is 30.5. The lowest BCUT2D eigenvalue weighted by molar-refractivity contribution is -0.125. The Bertz CT molecular complexity index is 689. The van der Waals surface area contributed by atoms with Gasteiger partial charge in [-0.2, -0.15) is 15.4 Å². The number of hydrogen-bond acceptors (Lipinski definition) is 4. The maximum Gasteiger partial charge on any atom is 0.232 e. The highest BCUT2D eigenvalue weighted by Crippen LogP contribution is 2.70. The summed E-state index contributed by atoms with van der Waals surface area (Å²) in [5.41, 5.74) is 1.32. The van der Waals surface area contributed by atoms with E-state index in [0.29, 0.717) is 23.3 Å². The van der Waals surface area contributed by atoms with Crippen molar-refractivity contribution < 1.29 is 4.79 Å². The molecule has 104 valence electrons. The lowest BCUT2D eigenvalue weighted by Crippen LogP contribution is -2.36. The van der Waals surface area contributed by atoms with Crippen molar-refractivity contribution in [2.75, 3.05) is 5.32 Å². The molecule has 0 saturated heterocycles. The molecule has 2 heterocycles. The number of nitrogens with one attached hydrogen (secondary N) is 2. The summed E-state index contributed by atoms with van der Waals surface area (Å²) >= 11 is 0. The van der Waals surface area contributed by atoms with Crippen LogP contribution in [0, 0.1) is 17.3 Å². The second kappa shape index (κ2) is 3.68. The van der Waals surface area contributed by atoms with Crippen LogP contribution in [0.25, 0.3) is 11.4 Å². The van der Waals surface area contributed by atoms with Crippen molar-refractivity contribution in [3.8, 4) is 11.4 Å². The van der Waals surface area contributed by atoms with Gasteiger partial charge in [-0.1, -0.05) is 6.92 Å². The molecule has 0 bridgehead atoms. The lowest BCUT2D eigenvalue weighted by atomic mass is 9.75. The number of nitrogens with zero attached hydrogens (tertiary/aromatic N) is 4. The van der Waals surface area contributed by atoms with Crippen LogP contribution in [0.3, 0.4) is 0 Å². The number of aryl methyl sites for hydroxylation is 1. The third kappa shape index (κ3) is 1.40. The molecule has 7 heteroatoms. The average molecular weight is 272 g/mol. The molecule has 0 radical (unpaired) electrons. The van der Waals surface area contributed by atoms with Gasteiger partial charge in [0, 0.05) is 13.2 Å². The first-order chi connectivity index (χ1) is 9.62. The Morgan fingerprint density at radius 1 is 1.50 bits per heavy atom. The molecule has 1 amide bonds. The molecule has 2 aromatic heterocycles. The molecule has 3 atom stereocenters. The molecule has 2 aliphatic rings. The third-order valence-electron chi connectivity index (χ3n) is 4.80. The number of anilines is 1. The summed E-state index contributed by atoms with van der Waals surface area (Å²) in [6.45, 7) is 2.21. The molecule has 2 saturated carbocycles. The maximum absolute atomic E-state index is 12.4. The quantitative estimate of drug-likeness (QED) is 0.878.